The third kappa shape index (κ3) is 6.64. The van der Waals surface area contributed by atoms with E-state index in [0.717, 1.165) is 24.5 Å². The molecule has 1 N–H and O–H groups in total. The highest BCUT2D eigenvalue weighted by Gasteiger charge is 2.35. The lowest BCUT2D eigenvalue weighted by atomic mass is 9.74. The van der Waals surface area contributed by atoms with Crippen molar-refractivity contribution < 1.29 is 27.4 Å². The molecule has 2 aromatic carbocycles. The smallest absolute Gasteiger partial charge is 0.162 e. The van der Waals surface area contributed by atoms with E-state index in [1.807, 2.05) is 37.2 Å². The van der Waals surface area contributed by atoms with Crippen molar-refractivity contribution in [2.75, 3.05) is 52.3 Å². The van der Waals surface area contributed by atoms with Gasteiger partial charge in [0.25, 0.3) is 0 Å². The number of pyridine rings is 1. The fourth-order valence-corrected chi connectivity index (χ4v) is 5.59. The van der Waals surface area contributed by atoms with Gasteiger partial charge in [0.1, 0.15) is 17.7 Å². The van der Waals surface area contributed by atoms with Gasteiger partial charge < -0.3 is 19.6 Å². The largest absolute Gasteiger partial charge is 0.497 e. The number of alkyl halides is 1. The molecule has 0 amide bonds. The van der Waals surface area contributed by atoms with Crippen LogP contribution >= 0.6 is 0 Å². The number of aromatic nitrogens is 1. The number of aliphatic hydroxyl groups excluding tert-OH is 1. The average Bonchev–Trinajstić information content (AvgIpc) is 2.94. The van der Waals surface area contributed by atoms with E-state index in [4.69, 9.17) is 4.74 Å². The molecular formula is C30H37F4N3O2. The van der Waals surface area contributed by atoms with Crippen molar-refractivity contribution in [1.82, 2.24) is 9.88 Å². The van der Waals surface area contributed by atoms with Gasteiger partial charge in [-0.1, -0.05) is 0 Å². The van der Waals surface area contributed by atoms with E-state index in [-0.39, 0.29) is 30.4 Å². The zero-order chi connectivity index (χ0) is 28.2. The molecule has 1 atom stereocenters. The zero-order valence-electron chi connectivity index (χ0n) is 22.8. The maximum atomic E-state index is 16.0. The Bertz CT molecular complexity index is 1280. The summed E-state index contributed by atoms with van der Waals surface area (Å²) in [5.74, 6) is -2.30. The Balaban J connectivity index is 1.38. The van der Waals surface area contributed by atoms with E-state index in [0.29, 0.717) is 60.8 Å². The lowest BCUT2D eigenvalue weighted by Crippen LogP contribution is -2.42. The van der Waals surface area contributed by atoms with Crippen LogP contribution in [-0.2, 0) is 6.42 Å². The topological polar surface area (TPSA) is 48.8 Å². The van der Waals surface area contributed by atoms with Gasteiger partial charge in [0.2, 0.25) is 0 Å². The van der Waals surface area contributed by atoms with E-state index in [9.17, 15) is 18.3 Å². The van der Waals surface area contributed by atoms with Crippen molar-refractivity contribution in [1.29, 1.82) is 0 Å². The number of nitrogens with zero attached hydrogens (tertiary/aromatic N) is 3. The SMILES string of the molecule is COc1ccc2ncc(N(C)C)c(C(F)CCC3(CO)CCN(CCCc4cc(F)cc(F)c4F)CC3)c2c1. The number of hydrogen-bond donors (Lipinski definition) is 1. The van der Waals surface area contributed by atoms with Crippen LogP contribution in [0.2, 0.25) is 0 Å². The zero-order valence-corrected chi connectivity index (χ0v) is 22.8. The fourth-order valence-electron chi connectivity index (χ4n) is 5.59. The van der Waals surface area contributed by atoms with Crippen LogP contribution in [0, 0.1) is 22.9 Å². The molecule has 39 heavy (non-hydrogen) atoms. The molecule has 9 heteroatoms. The van der Waals surface area contributed by atoms with Crippen LogP contribution in [0.4, 0.5) is 23.2 Å². The minimum absolute atomic E-state index is 0.0210. The minimum Gasteiger partial charge on any atom is -0.497 e. The Labute approximate surface area is 227 Å². The summed E-state index contributed by atoms with van der Waals surface area (Å²) in [6, 6.07) is 7.05. The first kappa shape index (κ1) is 29.1. The van der Waals surface area contributed by atoms with Crippen molar-refractivity contribution in [3.8, 4) is 5.75 Å². The van der Waals surface area contributed by atoms with Crippen molar-refractivity contribution in [3.05, 3.63) is 65.1 Å². The summed E-state index contributed by atoms with van der Waals surface area (Å²) in [6.07, 6.45) is 3.48. The van der Waals surface area contributed by atoms with Crippen LogP contribution in [0.15, 0.2) is 36.5 Å². The van der Waals surface area contributed by atoms with Gasteiger partial charge in [-0.3, -0.25) is 4.98 Å². The number of aryl methyl sites for hydroxylation is 1. The monoisotopic (exact) mass is 547 g/mol. The predicted molar refractivity (Wildman–Crippen MR) is 146 cm³/mol. The number of methoxy groups -OCH3 is 1. The molecule has 1 aliphatic rings. The van der Waals surface area contributed by atoms with Crippen LogP contribution in [0.25, 0.3) is 10.9 Å². The first-order valence-corrected chi connectivity index (χ1v) is 13.4. The third-order valence-electron chi connectivity index (χ3n) is 8.06. The third-order valence-corrected chi connectivity index (χ3v) is 8.06. The molecular weight excluding hydrogens is 510 g/mol. The number of fused-ring (bicyclic) bond motifs is 1. The van der Waals surface area contributed by atoms with Crippen molar-refractivity contribution in [3.63, 3.8) is 0 Å². The Kier molecular flexibility index (Phi) is 9.33. The highest BCUT2D eigenvalue weighted by molar-refractivity contribution is 5.88. The van der Waals surface area contributed by atoms with Crippen LogP contribution in [-0.4, -0.2) is 62.4 Å². The summed E-state index contributed by atoms with van der Waals surface area (Å²) in [6.45, 7) is 2.07. The molecule has 1 saturated heterocycles. The Morgan fingerprint density at radius 1 is 1.13 bits per heavy atom. The van der Waals surface area contributed by atoms with Gasteiger partial charge in [-0.25, -0.2) is 17.6 Å². The maximum absolute atomic E-state index is 16.0. The lowest BCUT2D eigenvalue weighted by molar-refractivity contribution is 0.0300. The molecule has 1 fully saturated rings. The summed E-state index contributed by atoms with van der Waals surface area (Å²) in [5, 5.41) is 11.0. The summed E-state index contributed by atoms with van der Waals surface area (Å²) in [7, 11) is 5.31. The fraction of sp³-hybridized carbons (Fsp3) is 0.500. The van der Waals surface area contributed by atoms with Crippen LogP contribution < -0.4 is 9.64 Å². The number of aliphatic hydroxyl groups is 1. The highest BCUT2D eigenvalue weighted by atomic mass is 19.2. The van der Waals surface area contributed by atoms with Crippen molar-refractivity contribution in [2.45, 2.75) is 44.7 Å². The van der Waals surface area contributed by atoms with Crippen LogP contribution in [0.5, 0.6) is 5.75 Å². The number of piperidine rings is 1. The van der Waals surface area contributed by atoms with Crippen LogP contribution in [0.1, 0.15) is 49.4 Å². The number of hydrogen-bond acceptors (Lipinski definition) is 5. The Morgan fingerprint density at radius 2 is 1.87 bits per heavy atom. The number of benzene rings is 2. The van der Waals surface area contributed by atoms with Gasteiger partial charge in [-0.15, -0.1) is 0 Å². The maximum Gasteiger partial charge on any atom is 0.162 e. The molecule has 0 spiro atoms. The Hall–Kier alpha value is -2.91. The number of rotatable bonds is 11. The molecule has 2 heterocycles. The summed E-state index contributed by atoms with van der Waals surface area (Å²) in [5.41, 5.74) is 1.66. The van der Waals surface area contributed by atoms with E-state index >= 15 is 4.39 Å². The second-order valence-corrected chi connectivity index (χ2v) is 10.8. The van der Waals surface area contributed by atoms with Crippen LogP contribution in [0.3, 0.4) is 0 Å². The molecule has 0 saturated carbocycles. The number of halogens is 4. The number of anilines is 1. The number of ether oxygens (including phenoxy) is 1. The van der Waals surface area contributed by atoms with E-state index in [1.54, 1.807) is 13.3 Å². The number of likely N-dealkylation sites (tertiary alicyclic amines) is 1. The minimum atomic E-state index is -1.25. The predicted octanol–water partition coefficient (Wildman–Crippen LogP) is 6.22. The molecule has 5 nitrogen and oxygen atoms in total. The summed E-state index contributed by atoms with van der Waals surface area (Å²) in [4.78, 5) is 8.57. The normalized spacial score (nSPS) is 16.4. The molecule has 1 unspecified atom stereocenters. The first-order chi connectivity index (χ1) is 18.7. The van der Waals surface area contributed by atoms with Gasteiger partial charge in [-0.2, -0.15) is 0 Å². The van der Waals surface area contributed by atoms with Gasteiger partial charge in [0.15, 0.2) is 11.6 Å². The van der Waals surface area contributed by atoms with Crippen molar-refractivity contribution >= 4 is 16.6 Å². The first-order valence-electron chi connectivity index (χ1n) is 13.4. The second kappa shape index (κ2) is 12.5. The summed E-state index contributed by atoms with van der Waals surface area (Å²) >= 11 is 0. The van der Waals surface area contributed by atoms with Gasteiger partial charge in [-0.05, 0) is 93.4 Å². The van der Waals surface area contributed by atoms with E-state index < -0.39 is 23.6 Å². The van der Waals surface area contributed by atoms with Crippen molar-refractivity contribution in [2.24, 2.45) is 5.41 Å². The molecule has 3 aromatic rings. The standard InChI is InChI=1S/C30H37F4N3O2/c1-36(2)27-18-35-26-7-6-22(39-3)17-23(26)28(27)24(32)8-9-30(19-38)10-13-37(14-11-30)12-4-5-20-15-21(31)16-25(33)29(20)34/h6-7,15-18,24,38H,4-5,8-14,19H2,1-3H3. The van der Waals surface area contributed by atoms with E-state index in [2.05, 4.69) is 9.88 Å². The average molecular weight is 548 g/mol. The molecule has 4 rings (SSSR count). The molecule has 0 radical (unpaired) electrons. The highest BCUT2D eigenvalue weighted by Crippen LogP contribution is 2.42. The molecule has 0 bridgehead atoms. The quantitative estimate of drug-likeness (QED) is 0.228. The molecule has 1 aliphatic heterocycles. The molecule has 0 aliphatic carbocycles. The molecule has 1 aromatic heterocycles. The Morgan fingerprint density at radius 3 is 2.54 bits per heavy atom. The van der Waals surface area contributed by atoms with Gasteiger partial charge in [0, 0.05) is 37.7 Å². The lowest BCUT2D eigenvalue weighted by Gasteiger charge is -2.41. The van der Waals surface area contributed by atoms with Gasteiger partial charge in [0.05, 0.1) is 24.5 Å². The van der Waals surface area contributed by atoms with Gasteiger partial charge >= 0.3 is 0 Å². The second-order valence-electron chi connectivity index (χ2n) is 10.8. The molecule has 212 valence electrons. The van der Waals surface area contributed by atoms with E-state index in [1.165, 1.54) is 0 Å². The summed E-state index contributed by atoms with van der Waals surface area (Å²) < 4.78 is 62.2.